The SMILES string of the molecule is Cc1ccc(Cl)cc1N1CC[C@@H](CNC(=O)[C@@H](C)n2cncn2)C1. The third kappa shape index (κ3) is 3.70. The molecule has 128 valence electrons. The number of rotatable bonds is 5. The third-order valence-corrected chi connectivity index (χ3v) is 4.81. The van der Waals surface area contributed by atoms with E-state index in [0.717, 1.165) is 24.5 Å². The minimum absolute atomic E-state index is 0.0297. The Morgan fingerprint density at radius 3 is 3.08 bits per heavy atom. The predicted molar refractivity (Wildman–Crippen MR) is 94.3 cm³/mol. The Labute approximate surface area is 146 Å². The van der Waals surface area contributed by atoms with Crippen LogP contribution in [0.4, 0.5) is 5.69 Å². The molecule has 0 unspecified atom stereocenters. The first-order chi connectivity index (χ1) is 11.5. The number of anilines is 1. The Kier molecular flexibility index (Phi) is 5.04. The van der Waals surface area contributed by atoms with Crippen LogP contribution < -0.4 is 10.2 Å². The van der Waals surface area contributed by atoms with Gasteiger partial charge in [-0.25, -0.2) is 9.67 Å². The van der Waals surface area contributed by atoms with Crippen molar-refractivity contribution in [3.05, 3.63) is 41.4 Å². The van der Waals surface area contributed by atoms with Crippen LogP contribution in [0, 0.1) is 12.8 Å². The topological polar surface area (TPSA) is 63.1 Å². The highest BCUT2D eigenvalue weighted by Crippen LogP contribution is 2.29. The van der Waals surface area contributed by atoms with Gasteiger partial charge in [0.05, 0.1) is 0 Å². The summed E-state index contributed by atoms with van der Waals surface area (Å²) in [5.41, 5.74) is 2.41. The third-order valence-electron chi connectivity index (χ3n) is 4.58. The zero-order valence-corrected chi connectivity index (χ0v) is 14.7. The molecule has 0 bridgehead atoms. The van der Waals surface area contributed by atoms with Gasteiger partial charge < -0.3 is 10.2 Å². The van der Waals surface area contributed by atoms with Gasteiger partial charge in [-0.05, 0) is 43.9 Å². The molecule has 0 spiro atoms. The van der Waals surface area contributed by atoms with Crippen molar-refractivity contribution in [2.24, 2.45) is 5.92 Å². The van der Waals surface area contributed by atoms with Gasteiger partial charge in [0, 0.05) is 30.3 Å². The van der Waals surface area contributed by atoms with E-state index >= 15 is 0 Å². The highest BCUT2D eigenvalue weighted by molar-refractivity contribution is 6.30. The van der Waals surface area contributed by atoms with Crippen molar-refractivity contribution in [2.75, 3.05) is 24.5 Å². The molecule has 0 radical (unpaired) electrons. The van der Waals surface area contributed by atoms with Crippen molar-refractivity contribution in [1.82, 2.24) is 20.1 Å². The van der Waals surface area contributed by atoms with E-state index in [-0.39, 0.29) is 11.9 Å². The molecule has 6 nitrogen and oxygen atoms in total. The second kappa shape index (κ2) is 7.21. The number of hydrogen-bond donors (Lipinski definition) is 1. The summed E-state index contributed by atoms with van der Waals surface area (Å²) in [5, 5.41) is 7.80. The summed E-state index contributed by atoms with van der Waals surface area (Å²) < 4.78 is 1.56. The van der Waals surface area contributed by atoms with Gasteiger partial charge in [0.1, 0.15) is 18.7 Å². The van der Waals surface area contributed by atoms with Gasteiger partial charge in [-0.15, -0.1) is 0 Å². The van der Waals surface area contributed by atoms with E-state index in [4.69, 9.17) is 11.6 Å². The summed E-state index contributed by atoms with van der Waals surface area (Å²) in [5.74, 6) is 0.410. The van der Waals surface area contributed by atoms with E-state index < -0.39 is 0 Å². The van der Waals surface area contributed by atoms with Gasteiger partial charge in [-0.2, -0.15) is 5.10 Å². The minimum atomic E-state index is -0.347. The second-order valence-corrected chi connectivity index (χ2v) is 6.76. The van der Waals surface area contributed by atoms with Crippen LogP contribution in [0.25, 0.3) is 0 Å². The highest BCUT2D eigenvalue weighted by Gasteiger charge is 2.25. The summed E-state index contributed by atoms with van der Waals surface area (Å²) in [6.07, 6.45) is 4.05. The van der Waals surface area contributed by atoms with E-state index in [1.165, 1.54) is 17.6 Å². The standard InChI is InChI=1S/C17H22ClN5O/c1-12-3-4-15(18)7-16(12)22-6-5-14(9-22)8-20-17(24)13(2)23-11-19-10-21-23/h3-4,7,10-11,13-14H,5-6,8-9H2,1-2H3,(H,20,24)/t13-,14+/m1/s1. The first kappa shape index (κ1) is 16.8. The molecule has 0 saturated carbocycles. The largest absolute Gasteiger partial charge is 0.371 e. The molecule has 2 atom stereocenters. The second-order valence-electron chi connectivity index (χ2n) is 6.33. The van der Waals surface area contributed by atoms with E-state index in [1.54, 1.807) is 11.0 Å². The van der Waals surface area contributed by atoms with E-state index in [2.05, 4.69) is 27.2 Å². The average Bonchev–Trinajstić information content (AvgIpc) is 3.25. The number of hydrogen-bond acceptors (Lipinski definition) is 4. The summed E-state index contributed by atoms with van der Waals surface area (Å²) in [6.45, 7) is 6.51. The molecule has 1 N–H and O–H groups in total. The average molecular weight is 348 g/mol. The van der Waals surface area contributed by atoms with Crippen LogP contribution in [-0.2, 0) is 4.79 Å². The van der Waals surface area contributed by atoms with Crippen molar-refractivity contribution in [3.8, 4) is 0 Å². The fourth-order valence-electron chi connectivity index (χ4n) is 3.07. The maximum Gasteiger partial charge on any atom is 0.244 e. The molecule has 3 rings (SSSR count). The first-order valence-corrected chi connectivity index (χ1v) is 8.55. The fraction of sp³-hybridized carbons (Fsp3) is 0.471. The lowest BCUT2D eigenvalue weighted by atomic mass is 10.1. The van der Waals surface area contributed by atoms with Crippen LogP contribution in [-0.4, -0.2) is 40.3 Å². The summed E-state index contributed by atoms with van der Waals surface area (Å²) in [4.78, 5) is 18.4. The molecule has 1 aliphatic rings. The molecule has 1 aromatic heterocycles. The molecule has 1 aromatic carbocycles. The summed E-state index contributed by atoms with van der Waals surface area (Å²) >= 11 is 6.12. The molecular formula is C17H22ClN5O. The summed E-state index contributed by atoms with van der Waals surface area (Å²) in [6, 6.07) is 5.64. The van der Waals surface area contributed by atoms with Gasteiger partial charge in [0.25, 0.3) is 0 Å². The first-order valence-electron chi connectivity index (χ1n) is 8.17. The smallest absolute Gasteiger partial charge is 0.244 e. The fourth-order valence-corrected chi connectivity index (χ4v) is 3.24. The Bertz CT molecular complexity index is 703. The van der Waals surface area contributed by atoms with Gasteiger partial charge in [-0.3, -0.25) is 4.79 Å². The van der Waals surface area contributed by atoms with Gasteiger partial charge in [0.15, 0.2) is 0 Å². The summed E-state index contributed by atoms with van der Waals surface area (Å²) in [7, 11) is 0. The molecule has 7 heteroatoms. The van der Waals surface area contributed by atoms with Crippen LogP contribution in [0.1, 0.15) is 24.9 Å². The molecule has 1 aliphatic heterocycles. The Morgan fingerprint density at radius 1 is 1.50 bits per heavy atom. The number of halogens is 1. The van der Waals surface area contributed by atoms with E-state index in [0.29, 0.717) is 12.5 Å². The normalized spacial score (nSPS) is 18.6. The Balaban J connectivity index is 1.53. The van der Waals surface area contributed by atoms with Crippen molar-refractivity contribution >= 4 is 23.2 Å². The van der Waals surface area contributed by atoms with Crippen LogP contribution in [0.15, 0.2) is 30.9 Å². The minimum Gasteiger partial charge on any atom is -0.371 e. The van der Waals surface area contributed by atoms with Crippen molar-refractivity contribution in [2.45, 2.75) is 26.3 Å². The number of aryl methyl sites for hydroxylation is 1. The van der Waals surface area contributed by atoms with Gasteiger partial charge in [-0.1, -0.05) is 17.7 Å². The van der Waals surface area contributed by atoms with Crippen LogP contribution in [0.2, 0.25) is 5.02 Å². The quantitative estimate of drug-likeness (QED) is 0.902. The van der Waals surface area contributed by atoms with Crippen LogP contribution >= 0.6 is 11.6 Å². The predicted octanol–water partition coefficient (Wildman–Crippen LogP) is 2.44. The monoisotopic (exact) mass is 347 g/mol. The van der Waals surface area contributed by atoms with Crippen LogP contribution in [0.5, 0.6) is 0 Å². The number of benzene rings is 1. The molecule has 1 fully saturated rings. The zero-order chi connectivity index (χ0) is 17.1. The van der Waals surface area contributed by atoms with E-state index in [1.807, 2.05) is 25.1 Å². The zero-order valence-electron chi connectivity index (χ0n) is 13.9. The number of aromatic nitrogens is 3. The van der Waals surface area contributed by atoms with E-state index in [9.17, 15) is 4.79 Å². The molecule has 0 aliphatic carbocycles. The Morgan fingerprint density at radius 2 is 2.33 bits per heavy atom. The Hall–Kier alpha value is -2.08. The lowest BCUT2D eigenvalue weighted by Gasteiger charge is -2.21. The lowest BCUT2D eigenvalue weighted by molar-refractivity contribution is -0.124. The number of amides is 1. The molecule has 2 heterocycles. The molecular weight excluding hydrogens is 326 g/mol. The highest BCUT2D eigenvalue weighted by atomic mass is 35.5. The molecule has 24 heavy (non-hydrogen) atoms. The number of carbonyl (C=O) groups excluding carboxylic acids is 1. The number of nitrogens with zero attached hydrogens (tertiary/aromatic N) is 4. The number of carbonyl (C=O) groups is 1. The molecule has 1 saturated heterocycles. The molecule has 2 aromatic rings. The number of nitrogens with one attached hydrogen (secondary N) is 1. The lowest BCUT2D eigenvalue weighted by Crippen LogP contribution is -2.35. The van der Waals surface area contributed by atoms with Gasteiger partial charge >= 0.3 is 0 Å². The van der Waals surface area contributed by atoms with Crippen molar-refractivity contribution < 1.29 is 4.79 Å². The van der Waals surface area contributed by atoms with Gasteiger partial charge in [0.2, 0.25) is 5.91 Å². The molecule has 1 amide bonds. The van der Waals surface area contributed by atoms with Crippen molar-refractivity contribution in [1.29, 1.82) is 0 Å². The maximum absolute atomic E-state index is 12.2. The van der Waals surface area contributed by atoms with Crippen LogP contribution in [0.3, 0.4) is 0 Å². The maximum atomic E-state index is 12.2. The van der Waals surface area contributed by atoms with Crippen molar-refractivity contribution in [3.63, 3.8) is 0 Å².